The highest BCUT2D eigenvalue weighted by Gasteiger charge is 2.16. The molecule has 2 aromatic carbocycles. The summed E-state index contributed by atoms with van der Waals surface area (Å²) in [4.78, 5) is 2.21. The van der Waals surface area contributed by atoms with Gasteiger partial charge in [-0.15, -0.1) is 0 Å². The second kappa shape index (κ2) is 10.8. The number of aliphatic hydroxyl groups is 1. The molecule has 27 heavy (non-hydrogen) atoms. The van der Waals surface area contributed by atoms with Gasteiger partial charge in [0.05, 0.1) is 14.2 Å². The number of hydrogen-bond acceptors (Lipinski definition) is 5. The molecule has 5 heteroatoms. The van der Waals surface area contributed by atoms with Crippen LogP contribution in [-0.2, 0) is 6.54 Å². The van der Waals surface area contributed by atoms with Crippen LogP contribution in [0.3, 0.4) is 0 Å². The van der Waals surface area contributed by atoms with Gasteiger partial charge in [-0.3, -0.25) is 4.90 Å². The van der Waals surface area contributed by atoms with Crippen molar-refractivity contribution in [2.75, 3.05) is 33.9 Å². The minimum atomic E-state index is -0.576. The molecule has 0 saturated heterocycles. The molecule has 0 aliphatic rings. The highest BCUT2D eigenvalue weighted by molar-refractivity contribution is 5.46. The largest absolute Gasteiger partial charge is 0.493 e. The first-order valence-electron chi connectivity index (χ1n) is 9.37. The zero-order chi connectivity index (χ0) is 19.6. The molecule has 1 unspecified atom stereocenters. The molecule has 148 valence electrons. The van der Waals surface area contributed by atoms with E-state index < -0.39 is 6.10 Å². The summed E-state index contributed by atoms with van der Waals surface area (Å²) in [5.74, 6) is 2.27. The molecule has 2 rings (SSSR count). The normalized spacial score (nSPS) is 12.1. The highest BCUT2D eigenvalue weighted by atomic mass is 16.5. The number of benzene rings is 2. The van der Waals surface area contributed by atoms with Crippen LogP contribution in [0.25, 0.3) is 0 Å². The number of hydrogen-bond donors (Lipinski definition) is 1. The summed E-state index contributed by atoms with van der Waals surface area (Å²) in [5.41, 5.74) is 2.11. The number of para-hydroxylation sites is 2. The monoisotopic (exact) mass is 373 g/mol. The average Bonchev–Trinajstić information content (AvgIpc) is 2.67. The quantitative estimate of drug-likeness (QED) is 0.651. The van der Waals surface area contributed by atoms with E-state index in [-0.39, 0.29) is 6.61 Å². The molecule has 5 nitrogen and oxygen atoms in total. The predicted octanol–water partition coefficient (Wildman–Crippen LogP) is 3.66. The first kappa shape index (κ1) is 21.1. The van der Waals surface area contributed by atoms with Gasteiger partial charge in [0.1, 0.15) is 18.5 Å². The van der Waals surface area contributed by atoms with Crippen molar-refractivity contribution >= 4 is 0 Å². The van der Waals surface area contributed by atoms with Gasteiger partial charge in [-0.25, -0.2) is 0 Å². The van der Waals surface area contributed by atoms with Crippen LogP contribution in [0.15, 0.2) is 42.5 Å². The summed E-state index contributed by atoms with van der Waals surface area (Å²) in [6.07, 6.45) is 0.422. The fourth-order valence-electron chi connectivity index (χ4n) is 3.13. The summed E-state index contributed by atoms with van der Waals surface area (Å²) in [7, 11) is 3.29. The summed E-state index contributed by atoms with van der Waals surface area (Å²) in [6, 6.07) is 13.7. The van der Waals surface area contributed by atoms with Crippen molar-refractivity contribution < 1.29 is 19.3 Å². The topological polar surface area (TPSA) is 51.2 Å². The third-order valence-electron chi connectivity index (χ3n) is 4.41. The molecule has 0 heterocycles. The number of nitrogens with zero attached hydrogens (tertiary/aromatic N) is 1. The van der Waals surface area contributed by atoms with Gasteiger partial charge >= 0.3 is 0 Å². The molecular weight excluding hydrogens is 342 g/mol. The van der Waals surface area contributed by atoms with Gasteiger partial charge in [0.25, 0.3) is 0 Å². The van der Waals surface area contributed by atoms with E-state index in [0.717, 1.165) is 41.3 Å². The first-order valence-corrected chi connectivity index (χ1v) is 9.37. The molecule has 0 amide bonds. The van der Waals surface area contributed by atoms with E-state index in [0.29, 0.717) is 13.1 Å². The van der Waals surface area contributed by atoms with E-state index in [1.54, 1.807) is 14.2 Å². The van der Waals surface area contributed by atoms with Crippen LogP contribution < -0.4 is 14.2 Å². The molecular formula is C22H31NO4. The van der Waals surface area contributed by atoms with Gasteiger partial charge in [-0.05, 0) is 37.6 Å². The standard InChI is InChI=1S/C22H31NO4/c1-5-13-23(14-18-10-8-12-21(25-3)22(18)26-4)15-19(24)16-27-20-11-7-6-9-17(20)2/h6-12,19,24H,5,13-16H2,1-4H3. The van der Waals surface area contributed by atoms with Crippen molar-refractivity contribution in [2.45, 2.75) is 32.9 Å². The Morgan fingerprint density at radius 2 is 1.74 bits per heavy atom. The maximum absolute atomic E-state index is 10.5. The fourth-order valence-corrected chi connectivity index (χ4v) is 3.13. The minimum absolute atomic E-state index is 0.264. The van der Waals surface area contributed by atoms with E-state index in [9.17, 15) is 5.11 Å². The van der Waals surface area contributed by atoms with E-state index in [4.69, 9.17) is 14.2 Å². The molecule has 0 aliphatic heterocycles. The molecule has 1 N–H and O–H groups in total. The van der Waals surface area contributed by atoms with Crippen molar-refractivity contribution in [3.8, 4) is 17.2 Å². The molecule has 0 radical (unpaired) electrons. The summed E-state index contributed by atoms with van der Waals surface area (Å²) in [5, 5.41) is 10.5. The average molecular weight is 373 g/mol. The number of ether oxygens (including phenoxy) is 3. The Hall–Kier alpha value is -2.24. The van der Waals surface area contributed by atoms with Gasteiger partial charge in [-0.1, -0.05) is 37.3 Å². The lowest BCUT2D eigenvalue weighted by molar-refractivity contribution is 0.0651. The van der Waals surface area contributed by atoms with Gasteiger partial charge < -0.3 is 19.3 Å². The zero-order valence-electron chi connectivity index (χ0n) is 16.8. The maximum atomic E-state index is 10.5. The van der Waals surface area contributed by atoms with Crippen LogP contribution in [0.4, 0.5) is 0 Å². The Bertz CT molecular complexity index is 704. The fraction of sp³-hybridized carbons (Fsp3) is 0.455. The smallest absolute Gasteiger partial charge is 0.165 e. The van der Waals surface area contributed by atoms with Crippen molar-refractivity contribution in [3.63, 3.8) is 0 Å². The molecule has 0 aromatic heterocycles. The molecule has 2 aromatic rings. The highest BCUT2D eigenvalue weighted by Crippen LogP contribution is 2.31. The van der Waals surface area contributed by atoms with Gasteiger partial charge in [0.15, 0.2) is 11.5 Å². The van der Waals surface area contributed by atoms with E-state index in [1.807, 2.05) is 49.4 Å². The first-order chi connectivity index (χ1) is 13.1. The van der Waals surface area contributed by atoms with E-state index in [2.05, 4.69) is 11.8 Å². The number of aryl methyl sites for hydroxylation is 1. The van der Waals surface area contributed by atoms with Crippen LogP contribution in [0.5, 0.6) is 17.2 Å². The Morgan fingerprint density at radius 1 is 1.00 bits per heavy atom. The zero-order valence-corrected chi connectivity index (χ0v) is 16.8. The Balaban J connectivity index is 1.99. The molecule has 0 spiro atoms. The minimum Gasteiger partial charge on any atom is -0.493 e. The number of rotatable bonds is 11. The summed E-state index contributed by atoms with van der Waals surface area (Å²) < 4.78 is 16.7. The van der Waals surface area contributed by atoms with Crippen molar-refractivity contribution in [2.24, 2.45) is 0 Å². The molecule has 0 fully saturated rings. The second-order valence-corrected chi connectivity index (χ2v) is 6.62. The van der Waals surface area contributed by atoms with Crippen LogP contribution in [-0.4, -0.2) is 50.0 Å². The van der Waals surface area contributed by atoms with Crippen LogP contribution in [0, 0.1) is 6.92 Å². The van der Waals surface area contributed by atoms with Crippen LogP contribution in [0.2, 0.25) is 0 Å². The van der Waals surface area contributed by atoms with E-state index in [1.165, 1.54) is 0 Å². The van der Waals surface area contributed by atoms with Crippen molar-refractivity contribution in [1.82, 2.24) is 4.90 Å². The third-order valence-corrected chi connectivity index (χ3v) is 4.41. The molecule has 0 bridgehead atoms. The van der Waals surface area contributed by atoms with Gasteiger partial charge in [0, 0.05) is 18.7 Å². The van der Waals surface area contributed by atoms with Gasteiger partial charge in [0.2, 0.25) is 0 Å². The number of methoxy groups -OCH3 is 2. The Kier molecular flexibility index (Phi) is 8.43. The summed E-state index contributed by atoms with van der Waals surface area (Å²) in [6.45, 7) is 6.48. The van der Waals surface area contributed by atoms with E-state index >= 15 is 0 Å². The maximum Gasteiger partial charge on any atom is 0.165 e. The van der Waals surface area contributed by atoms with Crippen LogP contribution >= 0.6 is 0 Å². The molecule has 0 saturated carbocycles. The summed E-state index contributed by atoms with van der Waals surface area (Å²) >= 11 is 0. The van der Waals surface area contributed by atoms with Crippen molar-refractivity contribution in [1.29, 1.82) is 0 Å². The lowest BCUT2D eigenvalue weighted by atomic mass is 10.1. The third kappa shape index (κ3) is 6.15. The molecule has 1 atom stereocenters. The molecule has 0 aliphatic carbocycles. The van der Waals surface area contributed by atoms with Crippen molar-refractivity contribution in [3.05, 3.63) is 53.6 Å². The van der Waals surface area contributed by atoms with Crippen LogP contribution in [0.1, 0.15) is 24.5 Å². The second-order valence-electron chi connectivity index (χ2n) is 6.62. The lowest BCUT2D eigenvalue weighted by Gasteiger charge is -2.26. The lowest BCUT2D eigenvalue weighted by Crippen LogP contribution is -2.36. The number of aliphatic hydroxyl groups excluding tert-OH is 1. The Morgan fingerprint density at radius 3 is 2.41 bits per heavy atom. The predicted molar refractivity (Wildman–Crippen MR) is 108 cm³/mol. The SMILES string of the molecule is CCCN(Cc1cccc(OC)c1OC)CC(O)COc1ccccc1C. The Labute approximate surface area is 162 Å². The van der Waals surface area contributed by atoms with Gasteiger partial charge in [-0.2, -0.15) is 0 Å².